The molecule has 0 radical (unpaired) electrons. The second-order valence-corrected chi connectivity index (χ2v) is 8.55. The number of methoxy groups -OCH3 is 2. The van der Waals surface area contributed by atoms with Gasteiger partial charge in [-0.2, -0.15) is 0 Å². The SMILES string of the molecule is CCOC(=O)C1=C(C)N=C2SC=C(CC(=O)NC3CC3)N2[C@H]1c1cccc(OC)c1OC. The van der Waals surface area contributed by atoms with Crippen LogP contribution in [0.4, 0.5) is 0 Å². The van der Waals surface area contributed by atoms with Crippen LogP contribution < -0.4 is 14.8 Å². The number of allylic oxidation sites excluding steroid dienone is 1. The fraction of sp³-hybridized carbons (Fsp3) is 0.435. The fourth-order valence-electron chi connectivity index (χ4n) is 3.93. The van der Waals surface area contributed by atoms with E-state index in [-0.39, 0.29) is 25.0 Å². The van der Waals surface area contributed by atoms with E-state index >= 15 is 0 Å². The maximum atomic E-state index is 13.1. The smallest absolute Gasteiger partial charge is 0.338 e. The number of amides is 1. The summed E-state index contributed by atoms with van der Waals surface area (Å²) in [6.07, 6.45) is 2.24. The molecule has 0 saturated heterocycles. The number of esters is 1. The summed E-state index contributed by atoms with van der Waals surface area (Å²) < 4.78 is 16.6. The standard InChI is InChI=1S/C23H27N3O5S/c1-5-31-22(28)19-13(2)24-23-26(15(12-32-23)11-18(27)25-14-9-10-14)20(19)16-7-6-8-17(29-3)21(16)30-4/h6-8,12,14,20H,5,9-11H2,1-4H3,(H,25,27)/t20-/m0/s1. The molecule has 0 unspecified atom stereocenters. The molecule has 170 valence electrons. The van der Waals surface area contributed by atoms with E-state index in [1.54, 1.807) is 34.1 Å². The summed E-state index contributed by atoms with van der Waals surface area (Å²) in [4.78, 5) is 32.3. The lowest BCUT2D eigenvalue weighted by molar-refractivity contribution is -0.139. The zero-order valence-corrected chi connectivity index (χ0v) is 19.5. The first-order valence-electron chi connectivity index (χ1n) is 10.6. The van der Waals surface area contributed by atoms with Gasteiger partial charge in [-0.15, -0.1) is 0 Å². The van der Waals surface area contributed by atoms with Crippen LogP contribution in [0.25, 0.3) is 0 Å². The van der Waals surface area contributed by atoms with E-state index in [0.717, 1.165) is 24.1 Å². The minimum absolute atomic E-state index is 0.0408. The van der Waals surface area contributed by atoms with Gasteiger partial charge in [0.2, 0.25) is 5.91 Å². The van der Waals surface area contributed by atoms with E-state index in [1.807, 2.05) is 22.4 Å². The quantitative estimate of drug-likeness (QED) is 0.598. The van der Waals surface area contributed by atoms with Crippen LogP contribution in [0.15, 0.2) is 45.6 Å². The fourth-order valence-corrected chi connectivity index (χ4v) is 4.90. The average molecular weight is 458 g/mol. The minimum Gasteiger partial charge on any atom is -0.493 e. The third-order valence-corrected chi connectivity index (χ3v) is 6.40. The maximum absolute atomic E-state index is 13.1. The first-order valence-corrected chi connectivity index (χ1v) is 11.5. The van der Waals surface area contributed by atoms with E-state index in [9.17, 15) is 9.59 Å². The van der Waals surface area contributed by atoms with Crippen molar-refractivity contribution in [3.05, 3.63) is 46.1 Å². The second kappa shape index (κ2) is 9.28. The van der Waals surface area contributed by atoms with E-state index < -0.39 is 12.0 Å². The van der Waals surface area contributed by atoms with Crippen LogP contribution in [0.1, 0.15) is 44.7 Å². The number of hydrogen-bond acceptors (Lipinski definition) is 8. The highest BCUT2D eigenvalue weighted by Crippen LogP contribution is 2.48. The summed E-state index contributed by atoms with van der Waals surface area (Å²) in [6.45, 7) is 3.82. The molecule has 0 bridgehead atoms. The van der Waals surface area contributed by atoms with Crippen molar-refractivity contribution in [3.63, 3.8) is 0 Å². The second-order valence-electron chi connectivity index (χ2n) is 7.71. The number of ether oxygens (including phenoxy) is 3. The topological polar surface area (TPSA) is 89.5 Å². The highest BCUT2D eigenvalue weighted by atomic mass is 32.2. The van der Waals surface area contributed by atoms with Crippen LogP contribution in [0.3, 0.4) is 0 Å². The Morgan fingerprint density at radius 3 is 2.69 bits per heavy atom. The third kappa shape index (κ3) is 4.21. The average Bonchev–Trinajstić information content (AvgIpc) is 3.51. The zero-order chi connectivity index (χ0) is 22.8. The molecule has 1 aliphatic carbocycles. The van der Waals surface area contributed by atoms with Gasteiger partial charge in [0.25, 0.3) is 0 Å². The number of hydrogen-bond donors (Lipinski definition) is 1. The van der Waals surface area contributed by atoms with Crippen molar-refractivity contribution in [2.24, 2.45) is 4.99 Å². The molecule has 1 saturated carbocycles. The van der Waals surface area contributed by atoms with Crippen molar-refractivity contribution in [1.29, 1.82) is 0 Å². The number of nitrogens with one attached hydrogen (secondary N) is 1. The van der Waals surface area contributed by atoms with Gasteiger partial charge < -0.3 is 24.4 Å². The molecule has 1 aromatic rings. The first kappa shape index (κ1) is 22.3. The summed E-state index contributed by atoms with van der Waals surface area (Å²) in [5.74, 6) is 0.593. The molecular weight excluding hydrogens is 430 g/mol. The Hall–Kier alpha value is -2.94. The number of aliphatic imine (C=N–C) groups is 1. The molecular formula is C23H27N3O5S. The lowest BCUT2D eigenvalue weighted by Gasteiger charge is -2.37. The molecule has 1 atom stereocenters. The number of carbonyl (C=O) groups excluding carboxylic acids is 2. The number of fused-ring (bicyclic) bond motifs is 1. The summed E-state index contributed by atoms with van der Waals surface area (Å²) >= 11 is 1.44. The van der Waals surface area contributed by atoms with Crippen LogP contribution in [0.2, 0.25) is 0 Å². The van der Waals surface area contributed by atoms with E-state index in [2.05, 4.69) is 10.3 Å². The molecule has 3 aliphatic rings. The Labute approximate surface area is 191 Å². The number of benzene rings is 1. The van der Waals surface area contributed by atoms with Gasteiger partial charge >= 0.3 is 5.97 Å². The normalized spacial score (nSPS) is 19.8. The van der Waals surface area contributed by atoms with Crippen molar-refractivity contribution in [2.45, 2.75) is 45.2 Å². The minimum atomic E-state index is -0.568. The van der Waals surface area contributed by atoms with Gasteiger partial charge in [-0.3, -0.25) is 4.79 Å². The molecule has 1 N–H and O–H groups in total. The van der Waals surface area contributed by atoms with Gasteiger partial charge in [0.1, 0.15) is 0 Å². The van der Waals surface area contributed by atoms with E-state index in [0.29, 0.717) is 27.9 Å². The van der Waals surface area contributed by atoms with Crippen LogP contribution >= 0.6 is 11.8 Å². The Kier molecular flexibility index (Phi) is 6.45. The van der Waals surface area contributed by atoms with Crippen LogP contribution in [-0.2, 0) is 14.3 Å². The first-order chi connectivity index (χ1) is 15.5. The number of carbonyl (C=O) groups is 2. The Balaban J connectivity index is 1.79. The molecule has 1 amide bonds. The van der Waals surface area contributed by atoms with E-state index in [1.165, 1.54) is 11.8 Å². The van der Waals surface area contributed by atoms with Crippen LogP contribution in [0.5, 0.6) is 11.5 Å². The highest BCUT2D eigenvalue weighted by molar-refractivity contribution is 8.16. The Morgan fingerprint density at radius 1 is 1.25 bits per heavy atom. The third-order valence-electron chi connectivity index (χ3n) is 5.51. The molecule has 4 rings (SSSR count). The largest absolute Gasteiger partial charge is 0.493 e. The molecule has 0 spiro atoms. The lowest BCUT2D eigenvalue weighted by atomic mass is 9.92. The summed E-state index contributed by atoms with van der Waals surface area (Å²) in [5, 5.41) is 5.66. The molecule has 9 heteroatoms. The molecule has 2 aliphatic heterocycles. The number of amidine groups is 1. The zero-order valence-electron chi connectivity index (χ0n) is 18.6. The van der Waals surface area contributed by atoms with Gasteiger partial charge in [-0.05, 0) is 38.2 Å². The van der Waals surface area contributed by atoms with Gasteiger partial charge in [0.15, 0.2) is 16.7 Å². The predicted octanol–water partition coefficient (Wildman–Crippen LogP) is 3.51. The Bertz CT molecular complexity index is 1030. The molecule has 1 aromatic carbocycles. The van der Waals surface area contributed by atoms with Gasteiger partial charge in [-0.1, -0.05) is 23.9 Å². The maximum Gasteiger partial charge on any atom is 0.338 e. The van der Waals surface area contributed by atoms with Crippen molar-refractivity contribution < 1.29 is 23.8 Å². The van der Waals surface area contributed by atoms with Crippen molar-refractivity contribution in [3.8, 4) is 11.5 Å². The van der Waals surface area contributed by atoms with Crippen molar-refractivity contribution >= 4 is 28.8 Å². The predicted molar refractivity (Wildman–Crippen MR) is 122 cm³/mol. The summed E-state index contributed by atoms with van der Waals surface area (Å²) in [5.41, 5.74) is 2.50. The van der Waals surface area contributed by atoms with E-state index in [4.69, 9.17) is 14.2 Å². The van der Waals surface area contributed by atoms with Gasteiger partial charge in [0, 0.05) is 17.3 Å². The summed E-state index contributed by atoms with van der Waals surface area (Å²) in [6, 6.07) is 5.26. The molecule has 32 heavy (non-hydrogen) atoms. The monoisotopic (exact) mass is 457 g/mol. The Morgan fingerprint density at radius 2 is 2.03 bits per heavy atom. The van der Waals surface area contributed by atoms with Gasteiger partial charge in [0.05, 0.1) is 44.6 Å². The number of thioether (sulfide) groups is 1. The molecule has 0 aromatic heterocycles. The molecule has 2 heterocycles. The lowest BCUT2D eigenvalue weighted by Crippen LogP contribution is -2.38. The van der Waals surface area contributed by atoms with Crippen LogP contribution in [-0.4, -0.2) is 48.8 Å². The molecule has 1 fully saturated rings. The van der Waals surface area contributed by atoms with Gasteiger partial charge in [-0.25, -0.2) is 9.79 Å². The van der Waals surface area contributed by atoms with Crippen molar-refractivity contribution in [1.82, 2.24) is 10.2 Å². The highest BCUT2D eigenvalue weighted by Gasteiger charge is 2.43. The van der Waals surface area contributed by atoms with Crippen LogP contribution in [0, 0.1) is 0 Å². The number of nitrogens with zero attached hydrogens (tertiary/aromatic N) is 2. The molecule has 8 nitrogen and oxygen atoms in total. The summed E-state index contributed by atoms with van der Waals surface area (Å²) in [7, 11) is 3.14. The number of rotatable bonds is 8. The van der Waals surface area contributed by atoms with Crippen molar-refractivity contribution in [2.75, 3.05) is 20.8 Å². The number of para-hydroxylation sites is 1.